The third-order valence-corrected chi connectivity index (χ3v) is 4.99. The minimum atomic E-state index is 0.536. The lowest BCUT2D eigenvalue weighted by Crippen LogP contribution is -2.58. The van der Waals surface area contributed by atoms with Crippen LogP contribution < -0.4 is 10.6 Å². The van der Waals surface area contributed by atoms with E-state index in [9.17, 15) is 0 Å². The van der Waals surface area contributed by atoms with Crippen molar-refractivity contribution in [1.29, 1.82) is 0 Å². The van der Waals surface area contributed by atoms with Gasteiger partial charge in [0.05, 0.1) is 0 Å². The second-order valence-corrected chi connectivity index (χ2v) is 7.02. The number of halogens is 1. The van der Waals surface area contributed by atoms with Gasteiger partial charge in [-0.05, 0) is 37.1 Å². The highest BCUT2D eigenvalue weighted by Gasteiger charge is 2.47. The molecule has 0 atom stereocenters. The maximum atomic E-state index is 5.62. The standard InChI is InChI=1S/C15H22BrN3/c1-12-8-13(16)2-3-14(12)19-6-4-15(11-19)9-18(10-15)7-5-17/h2-3,8H,4-7,9-11,17H2,1H3. The summed E-state index contributed by atoms with van der Waals surface area (Å²) in [5, 5.41) is 0. The molecule has 104 valence electrons. The Morgan fingerprint density at radius 2 is 2.11 bits per heavy atom. The maximum absolute atomic E-state index is 5.62. The van der Waals surface area contributed by atoms with Gasteiger partial charge in [0.25, 0.3) is 0 Å². The van der Waals surface area contributed by atoms with Gasteiger partial charge in [-0.15, -0.1) is 0 Å². The maximum Gasteiger partial charge on any atom is 0.0396 e. The minimum Gasteiger partial charge on any atom is -0.371 e. The molecule has 2 heterocycles. The van der Waals surface area contributed by atoms with Crippen molar-refractivity contribution >= 4 is 21.6 Å². The van der Waals surface area contributed by atoms with Crippen molar-refractivity contribution in [2.45, 2.75) is 13.3 Å². The molecular formula is C15H22BrN3. The van der Waals surface area contributed by atoms with Crippen molar-refractivity contribution in [2.75, 3.05) is 44.2 Å². The molecule has 2 fully saturated rings. The van der Waals surface area contributed by atoms with Crippen molar-refractivity contribution in [1.82, 2.24) is 4.90 Å². The molecule has 0 bridgehead atoms. The highest BCUT2D eigenvalue weighted by Crippen LogP contribution is 2.41. The third kappa shape index (κ3) is 2.54. The summed E-state index contributed by atoms with van der Waals surface area (Å²) in [6.07, 6.45) is 1.32. The first-order valence-electron chi connectivity index (χ1n) is 7.05. The number of hydrogen-bond acceptors (Lipinski definition) is 3. The van der Waals surface area contributed by atoms with E-state index in [4.69, 9.17) is 5.73 Å². The quantitative estimate of drug-likeness (QED) is 0.925. The van der Waals surface area contributed by atoms with Gasteiger partial charge >= 0.3 is 0 Å². The molecule has 3 rings (SSSR count). The van der Waals surface area contributed by atoms with E-state index in [0.717, 1.165) is 13.1 Å². The van der Waals surface area contributed by atoms with Crippen LogP contribution in [0.2, 0.25) is 0 Å². The Morgan fingerprint density at radius 1 is 1.32 bits per heavy atom. The summed E-state index contributed by atoms with van der Waals surface area (Å²) in [4.78, 5) is 5.04. The summed E-state index contributed by atoms with van der Waals surface area (Å²) in [5.74, 6) is 0. The zero-order valence-electron chi connectivity index (χ0n) is 11.5. The predicted molar refractivity (Wildman–Crippen MR) is 83.6 cm³/mol. The van der Waals surface area contributed by atoms with Gasteiger partial charge in [-0.2, -0.15) is 0 Å². The number of likely N-dealkylation sites (tertiary alicyclic amines) is 1. The van der Waals surface area contributed by atoms with Crippen LogP contribution in [0.15, 0.2) is 22.7 Å². The van der Waals surface area contributed by atoms with Gasteiger partial charge in [0.1, 0.15) is 0 Å². The van der Waals surface area contributed by atoms with Gasteiger partial charge in [-0.3, -0.25) is 0 Å². The molecule has 1 spiro atoms. The lowest BCUT2D eigenvalue weighted by molar-refractivity contribution is 0.0213. The van der Waals surface area contributed by atoms with Gasteiger partial charge in [-0.1, -0.05) is 15.9 Å². The smallest absolute Gasteiger partial charge is 0.0396 e. The highest BCUT2D eigenvalue weighted by molar-refractivity contribution is 9.10. The summed E-state index contributed by atoms with van der Waals surface area (Å²) in [6, 6.07) is 6.60. The number of aryl methyl sites for hydroxylation is 1. The van der Waals surface area contributed by atoms with Crippen molar-refractivity contribution in [3.8, 4) is 0 Å². The van der Waals surface area contributed by atoms with Gasteiger partial charge in [0, 0.05) is 54.8 Å². The van der Waals surface area contributed by atoms with E-state index in [1.807, 2.05) is 0 Å². The van der Waals surface area contributed by atoms with Crippen LogP contribution >= 0.6 is 15.9 Å². The summed E-state index contributed by atoms with van der Waals surface area (Å²) in [7, 11) is 0. The van der Waals surface area contributed by atoms with Crippen molar-refractivity contribution in [2.24, 2.45) is 11.1 Å². The minimum absolute atomic E-state index is 0.536. The Bertz CT molecular complexity index is 468. The molecule has 0 aromatic heterocycles. The number of anilines is 1. The second kappa shape index (κ2) is 5.08. The van der Waals surface area contributed by atoms with E-state index >= 15 is 0 Å². The number of nitrogens with zero attached hydrogens (tertiary/aromatic N) is 2. The predicted octanol–water partition coefficient (Wildman–Crippen LogP) is 2.23. The lowest BCUT2D eigenvalue weighted by Gasteiger charge is -2.48. The molecule has 19 heavy (non-hydrogen) atoms. The Morgan fingerprint density at radius 3 is 2.79 bits per heavy atom. The molecule has 0 amide bonds. The van der Waals surface area contributed by atoms with Crippen LogP contribution in [0.4, 0.5) is 5.69 Å². The molecule has 3 nitrogen and oxygen atoms in total. The highest BCUT2D eigenvalue weighted by atomic mass is 79.9. The lowest BCUT2D eigenvalue weighted by atomic mass is 9.79. The Labute approximate surface area is 123 Å². The van der Waals surface area contributed by atoms with Crippen molar-refractivity contribution in [3.63, 3.8) is 0 Å². The summed E-state index contributed by atoms with van der Waals surface area (Å²) >= 11 is 3.54. The van der Waals surface area contributed by atoms with Crippen LogP contribution in [0, 0.1) is 12.3 Å². The molecule has 4 heteroatoms. The fourth-order valence-corrected chi connectivity index (χ4v) is 4.09. The molecule has 1 aromatic rings. The van der Waals surface area contributed by atoms with Gasteiger partial charge in [0.15, 0.2) is 0 Å². The molecule has 2 aliphatic rings. The molecule has 0 radical (unpaired) electrons. The first-order chi connectivity index (χ1) is 9.12. The first kappa shape index (κ1) is 13.4. The normalized spacial score (nSPS) is 21.9. The van der Waals surface area contributed by atoms with Crippen LogP contribution in [0.3, 0.4) is 0 Å². The first-order valence-corrected chi connectivity index (χ1v) is 7.85. The molecule has 0 unspecified atom stereocenters. The Kier molecular flexibility index (Phi) is 3.58. The van der Waals surface area contributed by atoms with E-state index in [0.29, 0.717) is 5.41 Å². The van der Waals surface area contributed by atoms with E-state index < -0.39 is 0 Å². The van der Waals surface area contributed by atoms with Gasteiger partial charge in [-0.25, -0.2) is 0 Å². The molecular weight excluding hydrogens is 302 g/mol. The van der Waals surface area contributed by atoms with Crippen LogP contribution in [0.25, 0.3) is 0 Å². The summed E-state index contributed by atoms with van der Waals surface area (Å²) in [6.45, 7) is 8.90. The molecule has 2 aliphatic heterocycles. The van der Waals surface area contributed by atoms with E-state index in [-0.39, 0.29) is 0 Å². The number of nitrogens with two attached hydrogens (primary N) is 1. The largest absolute Gasteiger partial charge is 0.371 e. The van der Waals surface area contributed by atoms with Crippen molar-refractivity contribution in [3.05, 3.63) is 28.2 Å². The average molecular weight is 324 g/mol. The second-order valence-electron chi connectivity index (χ2n) is 6.10. The number of rotatable bonds is 3. The molecule has 2 saturated heterocycles. The zero-order chi connectivity index (χ0) is 13.5. The van der Waals surface area contributed by atoms with Crippen LogP contribution in [-0.4, -0.2) is 44.2 Å². The SMILES string of the molecule is Cc1cc(Br)ccc1N1CCC2(CN(CCN)C2)C1. The number of hydrogen-bond donors (Lipinski definition) is 1. The topological polar surface area (TPSA) is 32.5 Å². The fourth-order valence-electron chi connectivity index (χ4n) is 3.62. The fraction of sp³-hybridized carbons (Fsp3) is 0.600. The molecule has 0 saturated carbocycles. The summed E-state index contributed by atoms with van der Waals surface area (Å²) < 4.78 is 1.17. The Hall–Kier alpha value is -0.580. The Balaban J connectivity index is 1.66. The summed E-state index contributed by atoms with van der Waals surface area (Å²) in [5.41, 5.74) is 8.92. The monoisotopic (exact) mass is 323 g/mol. The molecule has 1 aromatic carbocycles. The van der Waals surface area contributed by atoms with E-state index in [1.54, 1.807) is 0 Å². The van der Waals surface area contributed by atoms with Gasteiger partial charge < -0.3 is 15.5 Å². The number of benzene rings is 1. The van der Waals surface area contributed by atoms with Crippen LogP contribution in [-0.2, 0) is 0 Å². The van der Waals surface area contributed by atoms with Crippen molar-refractivity contribution < 1.29 is 0 Å². The van der Waals surface area contributed by atoms with Crippen LogP contribution in [0.1, 0.15) is 12.0 Å². The average Bonchev–Trinajstić information content (AvgIpc) is 2.74. The van der Waals surface area contributed by atoms with Gasteiger partial charge in [0.2, 0.25) is 0 Å². The van der Waals surface area contributed by atoms with E-state index in [1.165, 1.54) is 48.3 Å². The van der Waals surface area contributed by atoms with Crippen LogP contribution in [0.5, 0.6) is 0 Å². The zero-order valence-corrected chi connectivity index (χ0v) is 13.1. The molecule has 2 N–H and O–H groups in total. The third-order valence-electron chi connectivity index (χ3n) is 4.50. The van der Waals surface area contributed by atoms with E-state index in [2.05, 4.69) is 50.9 Å². The molecule has 0 aliphatic carbocycles.